The van der Waals surface area contributed by atoms with Gasteiger partial charge in [0.2, 0.25) is 11.5 Å². The van der Waals surface area contributed by atoms with Crippen molar-refractivity contribution in [1.29, 1.82) is 0 Å². The van der Waals surface area contributed by atoms with Crippen LogP contribution in [0.4, 0.5) is 0 Å². The monoisotopic (exact) mass is 472 g/mol. The lowest BCUT2D eigenvalue weighted by Crippen LogP contribution is -2.17. The third-order valence-electron chi connectivity index (χ3n) is 4.74. The number of carbonyl (C=O) groups excluding carboxylic acids is 1. The minimum absolute atomic E-state index is 0.211. The Labute approximate surface area is 200 Å². The maximum atomic E-state index is 12.5. The number of methoxy groups -OCH3 is 5. The summed E-state index contributed by atoms with van der Waals surface area (Å²) in [6, 6.07) is 7.02. The standard InChI is InChI=1S/C26H32O8/c1-8-33-17(2)34-26-23(30-5)15-19(16-24(26)31-6)10-12-20(27)11-9-18-13-21(28-3)25(32-7)22(14-18)29-4/h9-17H,8H2,1-7H3/b11-9+,12-10+. The first-order valence-corrected chi connectivity index (χ1v) is 10.6. The van der Waals surface area contributed by atoms with Crippen LogP contribution in [0.3, 0.4) is 0 Å². The predicted octanol–water partition coefficient (Wildman–Crippen LogP) is 4.79. The lowest BCUT2D eigenvalue weighted by molar-refractivity contribution is -0.110. The highest BCUT2D eigenvalue weighted by Gasteiger charge is 2.17. The lowest BCUT2D eigenvalue weighted by atomic mass is 10.1. The fourth-order valence-electron chi connectivity index (χ4n) is 3.16. The fraction of sp³-hybridized carbons (Fsp3) is 0.346. The van der Waals surface area contributed by atoms with Crippen LogP contribution >= 0.6 is 0 Å². The summed E-state index contributed by atoms with van der Waals surface area (Å²) < 4.78 is 38.2. The molecule has 0 bridgehead atoms. The number of ketones is 1. The second kappa shape index (κ2) is 13.2. The van der Waals surface area contributed by atoms with Crippen molar-refractivity contribution in [3.8, 4) is 34.5 Å². The lowest BCUT2D eigenvalue weighted by Gasteiger charge is -2.19. The molecule has 8 nitrogen and oxygen atoms in total. The maximum Gasteiger partial charge on any atom is 0.206 e. The molecular formula is C26H32O8. The van der Waals surface area contributed by atoms with Crippen LogP contribution in [0.1, 0.15) is 25.0 Å². The van der Waals surface area contributed by atoms with Gasteiger partial charge in [-0.25, -0.2) is 0 Å². The van der Waals surface area contributed by atoms with E-state index in [1.54, 1.807) is 43.3 Å². The number of benzene rings is 2. The Morgan fingerprint density at radius 1 is 0.735 bits per heavy atom. The first-order valence-electron chi connectivity index (χ1n) is 10.6. The van der Waals surface area contributed by atoms with Crippen LogP contribution < -0.4 is 28.4 Å². The molecule has 2 rings (SSSR count). The van der Waals surface area contributed by atoms with Crippen LogP contribution in [-0.2, 0) is 9.53 Å². The summed E-state index contributed by atoms with van der Waals surface area (Å²) in [6.45, 7) is 4.18. The minimum Gasteiger partial charge on any atom is -0.493 e. The van der Waals surface area contributed by atoms with Crippen molar-refractivity contribution in [3.05, 3.63) is 47.5 Å². The highest BCUT2D eigenvalue weighted by Crippen LogP contribution is 2.40. The van der Waals surface area contributed by atoms with Crippen molar-refractivity contribution in [2.24, 2.45) is 0 Å². The molecule has 2 aromatic rings. The number of allylic oxidation sites excluding steroid dienone is 2. The largest absolute Gasteiger partial charge is 0.493 e. The van der Waals surface area contributed by atoms with E-state index in [9.17, 15) is 4.79 Å². The molecule has 0 heterocycles. The summed E-state index contributed by atoms with van der Waals surface area (Å²) in [5.74, 6) is 2.64. The Bertz CT molecular complexity index is 975. The van der Waals surface area contributed by atoms with E-state index in [2.05, 4.69) is 0 Å². The second-order valence-electron chi connectivity index (χ2n) is 6.92. The van der Waals surface area contributed by atoms with Crippen molar-refractivity contribution in [3.63, 3.8) is 0 Å². The average molecular weight is 473 g/mol. The number of carbonyl (C=O) groups is 1. The maximum absolute atomic E-state index is 12.5. The second-order valence-corrected chi connectivity index (χ2v) is 6.92. The van der Waals surface area contributed by atoms with Crippen LogP contribution in [0, 0.1) is 0 Å². The average Bonchev–Trinajstić information content (AvgIpc) is 2.85. The predicted molar refractivity (Wildman–Crippen MR) is 130 cm³/mol. The molecule has 0 saturated heterocycles. The van der Waals surface area contributed by atoms with E-state index in [4.69, 9.17) is 33.2 Å². The Kier molecular flexibility index (Phi) is 10.3. The minimum atomic E-state index is -0.476. The molecule has 0 radical (unpaired) electrons. The van der Waals surface area contributed by atoms with Crippen LogP contribution in [-0.4, -0.2) is 54.2 Å². The molecule has 34 heavy (non-hydrogen) atoms. The van der Waals surface area contributed by atoms with Crippen LogP contribution in [0.5, 0.6) is 34.5 Å². The quantitative estimate of drug-likeness (QED) is 0.304. The van der Waals surface area contributed by atoms with Crippen molar-refractivity contribution in [2.75, 3.05) is 42.2 Å². The van der Waals surface area contributed by atoms with Gasteiger partial charge in [0.05, 0.1) is 35.5 Å². The zero-order chi connectivity index (χ0) is 25.1. The van der Waals surface area contributed by atoms with E-state index < -0.39 is 6.29 Å². The van der Waals surface area contributed by atoms with Gasteiger partial charge in [-0.3, -0.25) is 4.79 Å². The molecule has 0 saturated carbocycles. The van der Waals surface area contributed by atoms with E-state index in [0.29, 0.717) is 46.7 Å². The van der Waals surface area contributed by atoms with E-state index in [1.807, 2.05) is 6.92 Å². The topological polar surface area (TPSA) is 81.7 Å². The third-order valence-corrected chi connectivity index (χ3v) is 4.74. The van der Waals surface area contributed by atoms with Gasteiger partial charge in [0, 0.05) is 6.61 Å². The van der Waals surface area contributed by atoms with Crippen LogP contribution in [0.15, 0.2) is 36.4 Å². The number of hydrogen-bond donors (Lipinski definition) is 0. The number of rotatable bonds is 13. The van der Waals surface area contributed by atoms with E-state index in [0.717, 1.165) is 5.56 Å². The zero-order valence-corrected chi connectivity index (χ0v) is 20.7. The van der Waals surface area contributed by atoms with Gasteiger partial charge < -0.3 is 33.2 Å². The molecule has 0 fully saturated rings. The van der Waals surface area contributed by atoms with Crippen LogP contribution in [0.2, 0.25) is 0 Å². The number of ether oxygens (including phenoxy) is 7. The molecule has 0 aromatic heterocycles. The Morgan fingerprint density at radius 3 is 1.50 bits per heavy atom. The highest BCUT2D eigenvalue weighted by atomic mass is 16.7. The molecule has 1 atom stereocenters. The zero-order valence-electron chi connectivity index (χ0n) is 20.7. The van der Waals surface area contributed by atoms with Gasteiger partial charge in [0.1, 0.15) is 0 Å². The summed E-state index contributed by atoms with van der Waals surface area (Å²) in [6.07, 6.45) is 5.77. The van der Waals surface area contributed by atoms with Gasteiger partial charge >= 0.3 is 0 Å². The summed E-state index contributed by atoms with van der Waals surface area (Å²) in [5.41, 5.74) is 1.43. The smallest absolute Gasteiger partial charge is 0.206 e. The summed E-state index contributed by atoms with van der Waals surface area (Å²) >= 11 is 0. The molecule has 8 heteroatoms. The molecule has 1 unspecified atom stereocenters. The molecule has 2 aromatic carbocycles. The molecule has 0 aliphatic rings. The molecule has 0 N–H and O–H groups in total. The van der Waals surface area contributed by atoms with Crippen LogP contribution in [0.25, 0.3) is 12.2 Å². The SMILES string of the molecule is CCOC(C)Oc1c(OC)cc(/C=C/C(=O)/C=C/c2cc(OC)c(OC)c(OC)c2)cc1OC. The Balaban J connectivity index is 2.23. The fourth-order valence-corrected chi connectivity index (χ4v) is 3.16. The molecule has 184 valence electrons. The van der Waals surface area contributed by atoms with Gasteiger partial charge in [-0.15, -0.1) is 0 Å². The summed E-state index contributed by atoms with van der Waals surface area (Å²) in [7, 11) is 7.67. The highest BCUT2D eigenvalue weighted by molar-refractivity contribution is 6.04. The normalized spacial score (nSPS) is 12.0. The first-order chi connectivity index (χ1) is 16.4. The van der Waals surface area contributed by atoms with Crippen molar-refractivity contribution in [2.45, 2.75) is 20.1 Å². The number of hydrogen-bond acceptors (Lipinski definition) is 8. The van der Waals surface area contributed by atoms with Gasteiger partial charge in [-0.05, 0) is 61.4 Å². The molecule has 0 aliphatic heterocycles. The molecule has 0 amide bonds. The third kappa shape index (κ3) is 6.92. The van der Waals surface area contributed by atoms with E-state index in [1.165, 1.54) is 47.7 Å². The van der Waals surface area contributed by atoms with Gasteiger partial charge in [0.25, 0.3) is 0 Å². The van der Waals surface area contributed by atoms with E-state index >= 15 is 0 Å². The van der Waals surface area contributed by atoms with Gasteiger partial charge in [0.15, 0.2) is 35.1 Å². The summed E-state index contributed by atoms with van der Waals surface area (Å²) in [5, 5.41) is 0. The molecule has 0 spiro atoms. The molecular weight excluding hydrogens is 440 g/mol. The summed E-state index contributed by atoms with van der Waals surface area (Å²) in [4.78, 5) is 12.5. The van der Waals surface area contributed by atoms with Crippen molar-refractivity contribution < 1.29 is 38.0 Å². The van der Waals surface area contributed by atoms with Gasteiger partial charge in [-0.2, -0.15) is 0 Å². The molecule has 0 aliphatic carbocycles. The first kappa shape index (κ1) is 26.6. The van der Waals surface area contributed by atoms with E-state index in [-0.39, 0.29) is 5.78 Å². The Morgan fingerprint density at radius 2 is 1.15 bits per heavy atom. The van der Waals surface area contributed by atoms with Crippen molar-refractivity contribution >= 4 is 17.9 Å². The van der Waals surface area contributed by atoms with Crippen molar-refractivity contribution in [1.82, 2.24) is 0 Å². The Hall–Kier alpha value is -3.65. The van der Waals surface area contributed by atoms with Gasteiger partial charge in [-0.1, -0.05) is 12.2 Å².